The lowest BCUT2D eigenvalue weighted by Crippen LogP contribution is -2.47. The van der Waals surface area contributed by atoms with E-state index in [2.05, 4.69) is 10.1 Å². The van der Waals surface area contributed by atoms with Crippen LogP contribution in [0.25, 0.3) is 0 Å². The molecular formula is C20H21F6N5O3S. The van der Waals surface area contributed by atoms with Gasteiger partial charge in [0.2, 0.25) is 5.92 Å². The van der Waals surface area contributed by atoms with Gasteiger partial charge >= 0.3 is 6.18 Å². The van der Waals surface area contributed by atoms with E-state index in [9.17, 15) is 40.6 Å². The lowest BCUT2D eigenvalue weighted by molar-refractivity contribution is -0.160. The molecule has 2 heterocycles. The summed E-state index contributed by atoms with van der Waals surface area (Å²) >= 11 is 0. The van der Waals surface area contributed by atoms with E-state index in [1.807, 2.05) is 0 Å². The Labute approximate surface area is 195 Å². The number of carbonyl (C=O) groups excluding carboxylic acids is 1. The second kappa shape index (κ2) is 7.58. The number of hydrogen-bond acceptors (Lipinski definition) is 5. The van der Waals surface area contributed by atoms with Crippen LogP contribution in [0.5, 0.6) is 0 Å². The monoisotopic (exact) mass is 525 g/mol. The largest absolute Gasteiger partial charge is 0.428 e. The minimum Gasteiger partial charge on any atom is -0.428 e. The third-order valence-corrected chi connectivity index (χ3v) is 7.07. The normalized spacial score (nSPS) is 22.3. The van der Waals surface area contributed by atoms with Crippen molar-refractivity contribution in [2.75, 3.05) is 6.26 Å². The van der Waals surface area contributed by atoms with Crippen LogP contribution in [0.1, 0.15) is 54.4 Å². The van der Waals surface area contributed by atoms with E-state index in [1.165, 1.54) is 6.92 Å². The fourth-order valence-corrected chi connectivity index (χ4v) is 5.15. The van der Waals surface area contributed by atoms with Crippen molar-refractivity contribution in [2.24, 2.45) is 10.4 Å². The second-order valence-corrected chi connectivity index (χ2v) is 11.6. The first kappa shape index (κ1) is 25.3. The summed E-state index contributed by atoms with van der Waals surface area (Å²) in [5.41, 5.74) is -7.27. The third-order valence-electron chi connectivity index (χ3n) is 5.97. The number of rotatable bonds is 5. The zero-order valence-corrected chi connectivity index (χ0v) is 19.3. The molecular weight excluding hydrogens is 504 g/mol. The molecule has 0 radical (unpaired) electrons. The number of pyridine rings is 1. The van der Waals surface area contributed by atoms with Crippen molar-refractivity contribution in [3.63, 3.8) is 0 Å². The molecule has 2 aromatic heterocycles. The smallest absolute Gasteiger partial charge is 0.420 e. The topological polar surface area (TPSA) is 113 Å². The first-order chi connectivity index (χ1) is 15.8. The Morgan fingerprint density at radius 3 is 2.37 bits per heavy atom. The van der Waals surface area contributed by atoms with Crippen molar-refractivity contribution in [3.05, 3.63) is 40.6 Å². The summed E-state index contributed by atoms with van der Waals surface area (Å²) in [7, 11) is -3.51. The molecule has 1 unspecified atom stereocenters. The van der Waals surface area contributed by atoms with E-state index in [4.69, 9.17) is 4.78 Å². The summed E-state index contributed by atoms with van der Waals surface area (Å²) in [6.45, 7) is 0.910. The van der Waals surface area contributed by atoms with Crippen LogP contribution < -0.4 is 5.36 Å². The van der Waals surface area contributed by atoms with Gasteiger partial charge in [0, 0.05) is 37.9 Å². The highest BCUT2D eigenvalue weighted by Crippen LogP contribution is 2.55. The van der Waals surface area contributed by atoms with E-state index < -0.39 is 80.2 Å². The quantitative estimate of drug-likeness (QED) is 0.452. The Bertz CT molecular complexity index is 1380. The van der Waals surface area contributed by atoms with Gasteiger partial charge < -0.3 is 5.21 Å². The average Bonchev–Trinajstić information content (AvgIpc) is 3.27. The summed E-state index contributed by atoms with van der Waals surface area (Å²) in [4.78, 5) is 16.6. The molecule has 1 amide bonds. The highest BCUT2D eigenvalue weighted by molar-refractivity contribution is 7.91. The van der Waals surface area contributed by atoms with Crippen molar-refractivity contribution in [2.45, 2.75) is 61.9 Å². The molecule has 1 atom stereocenters. The Morgan fingerprint density at radius 2 is 1.89 bits per heavy atom. The second-order valence-electron chi connectivity index (χ2n) is 9.54. The number of carbonyl (C=O) groups is 1. The lowest BCUT2D eigenvalue weighted by atomic mass is 9.67. The van der Waals surface area contributed by atoms with Gasteiger partial charge in [-0.2, -0.15) is 23.0 Å². The van der Waals surface area contributed by atoms with Crippen molar-refractivity contribution in [3.8, 4) is 0 Å². The highest BCUT2D eigenvalue weighted by atomic mass is 32.2. The molecule has 0 saturated heterocycles. The van der Waals surface area contributed by atoms with Crippen molar-refractivity contribution in [1.29, 1.82) is 4.78 Å². The molecule has 35 heavy (non-hydrogen) atoms. The molecule has 2 aliphatic carbocycles. The number of amides is 1. The number of nitrogens with one attached hydrogen (secondary N) is 1. The molecule has 15 heteroatoms. The van der Waals surface area contributed by atoms with Gasteiger partial charge in [0.15, 0.2) is 10.7 Å². The number of aromatic nitrogens is 3. The molecule has 2 saturated carbocycles. The Balaban J connectivity index is 1.88. The van der Waals surface area contributed by atoms with Gasteiger partial charge in [0.1, 0.15) is 17.0 Å². The molecule has 0 aliphatic heterocycles. The van der Waals surface area contributed by atoms with Crippen molar-refractivity contribution in [1.82, 2.24) is 14.5 Å². The first-order valence-corrected chi connectivity index (χ1v) is 12.3. The molecule has 8 nitrogen and oxygen atoms in total. The fraction of sp³-hybridized carbons (Fsp3) is 0.550. The standard InChI is InChI=1S/C20H21F6N5O3S/c1-17(8-19(22,23)9-17)10-30-14(13(20(24,25)26)15(29-30)18(21)4-5-18)16(32)28-11-3-6-31(33)12(7-11)35(2,27)34/h3,6-7,27,33H,4-5,8-10H2,1-2H3. The van der Waals surface area contributed by atoms with Gasteiger partial charge in [0.05, 0.1) is 15.1 Å². The van der Waals surface area contributed by atoms with Crippen LogP contribution in [0.15, 0.2) is 28.3 Å². The van der Waals surface area contributed by atoms with Crippen LogP contribution in [-0.4, -0.2) is 42.0 Å². The fourth-order valence-electron chi connectivity index (χ4n) is 4.38. The maximum Gasteiger partial charge on any atom is 0.420 e. The van der Waals surface area contributed by atoms with Crippen LogP contribution >= 0.6 is 0 Å². The molecule has 0 aromatic carbocycles. The van der Waals surface area contributed by atoms with Crippen LogP contribution in [0.2, 0.25) is 0 Å². The van der Waals surface area contributed by atoms with E-state index in [-0.39, 0.29) is 18.2 Å². The van der Waals surface area contributed by atoms with Gasteiger partial charge in [-0.05, 0) is 24.3 Å². The van der Waals surface area contributed by atoms with Crippen LogP contribution in [-0.2, 0) is 28.1 Å². The van der Waals surface area contributed by atoms with E-state index in [0.29, 0.717) is 9.41 Å². The minimum absolute atomic E-state index is 0.236. The van der Waals surface area contributed by atoms with Crippen LogP contribution in [0, 0.1) is 10.2 Å². The molecule has 2 aliphatic rings. The molecule has 4 rings (SSSR count). The van der Waals surface area contributed by atoms with Gasteiger partial charge in [0.25, 0.3) is 5.91 Å². The van der Waals surface area contributed by atoms with E-state index in [1.54, 1.807) is 0 Å². The Hall–Kier alpha value is -2.84. The zero-order valence-electron chi connectivity index (χ0n) is 18.5. The average molecular weight is 525 g/mol. The van der Waals surface area contributed by atoms with Crippen molar-refractivity contribution < 1.29 is 40.6 Å². The van der Waals surface area contributed by atoms with Gasteiger partial charge in [-0.1, -0.05) is 6.92 Å². The Kier molecular flexibility index (Phi) is 5.47. The van der Waals surface area contributed by atoms with E-state index in [0.717, 1.165) is 24.6 Å². The summed E-state index contributed by atoms with van der Waals surface area (Å²) in [6, 6.07) is 1.90. The predicted octanol–water partition coefficient (Wildman–Crippen LogP) is 4.11. The predicted molar refractivity (Wildman–Crippen MR) is 108 cm³/mol. The summed E-state index contributed by atoms with van der Waals surface area (Å²) in [5, 5.41) is 12.7. The van der Waals surface area contributed by atoms with E-state index >= 15 is 0 Å². The first-order valence-electron chi connectivity index (χ1n) is 10.3. The summed E-state index contributed by atoms with van der Waals surface area (Å²) in [5.74, 6) is -4.49. The van der Waals surface area contributed by atoms with Crippen LogP contribution in [0.3, 0.4) is 0 Å². The molecule has 2 N–H and O–H groups in total. The van der Waals surface area contributed by atoms with Crippen LogP contribution in [0.4, 0.5) is 26.3 Å². The number of hydrogen-bond donors (Lipinski definition) is 2. The number of nitrogens with zero attached hydrogens (tertiary/aromatic N) is 4. The van der Waals surface area contributed by atoms with Gasteiger partial charge in [-0.15, -0.1) is 0 Å². The molecule has 0 bridgehead atoms. The lowest BCUT2D eigenvalue weighted by Gasteiger charge is -2.44. The molecule has 2 fully saturated rings. The molecule has 192 valence electrons. The minimum atomic E-state index is -5.20. The molecule has 0 spiro atoms. The zero-order chi connectivity index (χ0) is 26.2. The third kappa shape index (κ3) is 4.82. The summed E-state index contributed by atoms with van der Waals surface area (Å²) < 4.78 is 105. The maximum atomic E-state index is 14.9. The van der Waals surface area contributed by atoms with Gasteiger partial charge in [-0.3, -0.25) is 9.48 Å². The number of alkyl halides is 6. The van der Waals surface area contributed by atoms with Gasteiger partial charge in [-0.25, -0.2) is 27.2 Å². The maximum absolute atomic E-state index is 14.9. The van der Waals surface area contributed by atoms with Crippen molar-refractivity contribution >= 4 is 15.6 Å². The Morgan fingerprint density at radius 1 is 1.29 bits per heavy atom. The SMILES string of the molecule is CC1(Cn2nc(C3(F)CC3)c(C(F)(F)F)c2C(=O)N=c2ccn(O)c(S(C)(=N)=O)c2)CC(F)(F)C1. The number of halogens is 6. The summed E-state index contributed by atoms with van der Waals surface area (Å²) in [6.07, 6.45) is -5.10. The molecule has 2 aromatic rings. The highest BCUT2D eigenvalue weighted by Gasteiger charge is 2.57.